The second kappa shape index (κ2) is 10.8. The molecule has 0 radical (unpaired) electrons. The molecule has 0 aliphatic carbocycles. The Morgan fingerprint density at radius 2 is 1.53 bits per heavy atom. The lowest BCUT2D eigenvalue weighted by atomic mass is 9.84. The van der Waals surface area contributed by atoms with Crippen molar-refractivity contribution in [1.82, 2.24) is 0 Å². The van der Waals surface area contributed by atoms with Crippen molar-refractivity contribution in [3.63, 3.8) is 0 Å². The van der Waals surface area contributed by atoms with E-state index in [2.05, 4.69) is 33.8 Å². The highest BCUT2D eigenvalue weighted by Gasteiger charge is 2.23. The summed E-state index contributed by atoms with van der Waals surface area (Å²) in [4.78, 5) is 12.7. The summed E-state index contributed by atoms with van der Waals surface area (Å²) < 4.78 is 17.9. The van der Waals surface area contributed by atoms with E-state index in [-0.39, 0.29) is 24.4 Å². The number of hydrogen-bond donors (Lipinski definition) is 0. The van der Waals surface area contributed by atoms with E-state index in [0.717, 1.165) is 27.7 Å². The standard InChI is InChI=1S/C27H31O4P/c1-20-18-21(2)26(24(19-20)27(3,4)5)30-25(28)16-17-29-32(23-14-10-7-11-15-23)31-22-12-8-6-9-13-22/h6-15,18-19H,16-17H2,1-5H3. The van der Waals surface area contributed by atoms with E-state index in [1.54, 1.807) is 0 Å². The molecule has 0 fully saturated rings. The quantitative estimate of drug-likeness (QED) is 0.220. The van der Waals surface area contributed by atoms with Gasteiger partial charge in [0.2, 0.25) is 0 Å². The minimum Gasteiger partial charge on any atom is -0.444 e. The largest absolute Gasteiger partial charge is 0.444 e. The maximum atomic E-state index is 12.7. The predicted octanol–water partition coefficient (Wildman–Crippen LogP) is 6.63. The smallest absolute Gasteiger partial charge is 0.313 e. The molecule has 0 aromatic heterocycles. The number of para-hydroxylation sites is 1. The van der Waals surface area contributed by atoms with E-state index in [0.29, 0.717) is 5.75 Å². The molecule has 0 aliphatic rings. The molecular weight excluding hydrogens is 419 g/mol. The Bertz CT molecular complexity index is 1030. The monoisotopic (exact) mass is 450 g/mol. The molecule has 0 N–H and O–H groups in total. The van der Waals surface area contributed by atoms with E-state index in [4.69, 9.17) is 13.8 Å². The van der Waals surface area contributed by atoms with Crippen LogP contribution in [0.3, 0.4) is 0 Å². The zero-order chi connectivity index (χ0) is 23.1. The fraction of sp³-hybridized carbons (Fsp3) is 0.296. The molecule has 3 aromatic rings. The number of esters is 1. The second-order valence-electron chi connectivity index (χ2n) is 8.76. The van der Waals surface area contributed by atoms with Gasteiger partial charge in [-0.3, -0.25) is 4.79 Å². The lowest BCUT2D eigenvalue weighted by Gasteiger charge is -2.24. The summed E-state index contributed by atoms with van der Waals surface area (Å²) in [6.45, 7) is 10.6. The third-order valence-electron chi connectivity index (χ3n) is 4.86. The maximum absolute atomic E-state index is 12.7. The number of aryl methyl sites for hydroxylation is 2. The number of carbonyl (C=O) groups excluding carboxylic acids is 1. The molecule has 0 amide bonds. The number of benzene rings is 3. The third kappa shape index (κ3) is 6.66. The zero-order valence-corrected chi connectivity index (χ0v) is 20.3. The van der Waals surface area contributed by atoms with Crippen molar-refractivity contribution in [1.29, 1.82) is 0 Å². The highest BCUT2D eigenvalue weighted by Crippen LogP contribution is 2.39. The van der Waals surface area contributed by atoms with E-state index in [1.165, 1.54) is 0 Å². The van der Waals surface area contributed by atoms with Gasteiger partial charge in [-0.15, -0.1) is 0 Å². The molecule has 3 aromatic carbocycles. The van der Waals surface area contributed by atoms with Crippen LogP contribution in [0.5, 0.6) is 11.5 Å². The van der Waals surface area contributed by atoms with Gasteiger partial charge in [0.15, 0.2) is 0 Å². The Labute approximate surface area is 192 Å². The van der Waals surface area contributed by atoms with E-state index >= 15 is 0 Å². The Kier molecular flexibility index (Phi) is 8.06. The minimum absolute atomic E-state index is 0.131. The number of ether oxygens (including phenoxy) is 1. The fourth-order valence-corrected chi connectivity index (χ4v) is 4.60. The summed E-state index contributed by atoms with van der Waals surface area (Å²) in [5.41, 5.74) is 3.02. The van der Waals surface area contributed by atoms with Gasteiger partial charge in [0.05, 0.1) is 13.0 Å². The molecule has 0 heterocycles. The van der Waals surface area contributed by atoms with Gasteiger partial charge in [-0.2, -0.15) is 0 Å². The third-order valence-corrected chi connectivity index (χ3v) is 6.37. The molecule has 168 valence electrons. The van der Waals surface area contributed by atoms with Crippen molar-refractivity contribution in [3.05, 3.63) is 89.5 Å². The van der Waals surface area contributed by atoms with Crippen LogP contribution in [0, 0.1) is 13.8 Å². The van der Waals surface area contributed by atoms with E-state index < -0.39 is 8.38 Å². The van der Waals surface area contributed by atoms with Crippen LogP contribution >= 0.6 is 8.38 Å². The van der Waals surface area contributed by atoms with Crippen LogP contribution in [0.1, 0.15) is 43.9 Å². The van der Waals surface area contributed by atoms with Gasteiger partial charge in [-0.05, 0) is 49.1 Å². The van der Waals surface area contributed by atoms with Crippen LogP contribution in [0.15, 0.2) is 72.8 Å². The first-order chi connectivity index (χ1) is 15.2. The molecule has 0 saturated carbocycles. The highest BCUT2D eigenvalue weighted by atomic mass is 31.2. The highest BCUT2D eigenvalue weighted by molar-refractivity contribution is 7.56. The summed E-state index contributed by atoms with van der Waals surface area (Å²) in [6.07, 6.45) is 0.140. The molecule has 0 bridgehead atoms. The minimum atomic E-state index is -1.37. The van der Waals surface area contributed by atoms with Crippen molar-refractivity contribution < 1.29 is 18.6 Å². The fourth-order valence-electron chi connectivity index (χ4n) is 3.30. The number of carbonyl (C=O) groups is 1. The molecule has 3 rings (SSSR count). The first-order valence-electron chi connectivity index (χ1n) is 10.8. The molecule has 4 nitrogen and oxygen atoms in total. The molecule has 1 atom stereocenters. The number of rotatable bonds is 8. The van der Waals surface area contributed by atoms with Crippen LogP contribution < -0.4 is 14.6 Å². The van der Waals surface area contributed by atoms with E-state index in [1.807, 2.05) is 73.7 Å². The van der Waals surface area contributed by atoms with E-state index in [9.17, 15) is 4.79 Å². The van der Waals surface area contributed by atoms with Gasteiger partial charge < -0.3 is 13.8 Å². The molecular formula is C27H31O4P. The molecule has 0 aliphatic heterocycles. The summed E-state index contributed by atoms with van der Waals surface area (Å²) in [5.74, 6) is 1.07. The van der Waals surface area contributed by atoms with Crippen molar-refractivity contribution in [2.24, 2.45) is 0 Å². The van der Waals surface area contributed by atoms with Gasteiger partial charge in [-0.1, -0.05) is 74.9 Å². The van der Waals surface area contributed by atoms with Crippen molar-refractivity contribution >= 4 is 19.6 Å². The Balaban J connectivity index is 1.66. The number of hydrogen-bond acceptors (Lipinski definition) is 4. The van der Waals surface area contributed by atoms with Gasteiger partial charge >= 0.3 is 5.97 Å². The van der Waals surface area contributed by atoms with Gasteiger partial charge in [0.1, 0.15) is 11.5 Å². The summed E-state index contributed by atoms with van der Waals surface area (Å²) in [6, 6.07) is 23.5. The Hall–Kier alpha value is -2.68. The Morgan fingerprint density at radius 1 is 0.906 bits per heavy atom. The van der Waals surface area contributed by atoms with Gasteiger partial charge in [0.25, 0.3) is 8.38 Å². The van der Waals surface area contributed by atoms with Gasteiger partial charge in [-0.25, -0.2) is 0 Å². The first-order valence-corrected chi connectivity index (χ1v) is 12.0. The van der Waals surface area contributed by atoms with Crippen molar-refractivity contribution in [3.8, 4) is 11.5 Å². The van der Waals surface area contributed by atoms with Crippen LogP contribution in [0.2, 0.25) is 0 Å². The lowest BCUT2D eigenvalue weighted by Crippen LogP contribution is -2.18. The summed E-state index contributed by atoms with van der Waals surface area (Å²) in [7, 11) is -1.37. The zero-order valence-electron chi connectivity index (χ0n) is 19.4. The SMILES string of the molecule is Cc1cc(C)c(OC(=O)CCOP(Oc2ccccc2)c2ccccc2)c(C(C)(C)C)c1. The summed E-state index contributed by atoms with van der Waals surface area (Å²) in [5, 5.41) is 0.948. The normalized spacial score (nSPS) is 12.3. The topological polar surface area (TPSA) is 44.8 Å². The van der Waals surface area contributed by atoms with Crippen molar-refractivity contribution in [2.45, 2.75) is 46.5 Å². The average Bonchev–Trinajstić information content (AvgIpc) is 2.75. The molecule has 32 heavy (non-hydrogen) atoms. The second-order valence-corrected chi connectivity index (χ2v) is 10.2. The lowest BCUT2D eigenvalue weighted by molar-refractivity contribution is -0.135. The van der Waals surface area contributed by atoms with Crippen LogP contribution in [0.25, 0.3) is 0 Å². The van der Waals surface area contributed by atoms with Gasteiger partial charge in [0, 0.05) is 10.9 Å². The maximum Gasteiger partial charge on any atom is 0.313 e. The van der Waals surface area contributed by atoms with Crippen molar-refractivity contribution in [2.75, 3.05) is 6.61 Å². The summed E-state index contributed by atoms with van der Waals surface area (Å²) >= 11 is 0. The van der Waals surface area contributed by atoms with Crippen LogP contribution in [-0.2, 0) is 14.7 Å². The van der Waals surface area contributed by atoms with Crippen LogP contribution in [0.4, 0.5) is 0 Å². The predicted molar refractivity (Wildman–Crippen MR) is 131 cm³/mol. The molecule has 1 unspecified atom stereocenters. The molecule has 0 spiro atoms. The first kappa shape index (κ1) is 24.0. The molecule has 0 saturated heterocycles. The Morgan fingerprint density at radius 3 is 2.16 bits per heavy atom. The molecule has 5 heteroatoms. The average molecular weight is 451 g/mol. The van der Waals surface area contributed by atoms with Crippen LogP contribution in [-0.4, -0.2) is 12.6 Å².